The highest BCUT2D eigenvalue weighted by Crippen LogP contribution is 2.25. The van der Waals surface area contributed by atoms with Crippen molar-refractivity contribution in [3.05, 3.63) is 40.0 Å². The molecule has 0 aliphatic carbocycles. The van der Waals surface area contributed by atoms with Gasteiger partial charge in [-0.15, -0.1) is 0 Å². The van der Waals surface area contributed by atoms with Crippen LogP contribution in [0.3, 0.4) is 0 Å². The van der Waals surface area contributed by atoms with Gasteiger partial charge in [-0.2, -0.15) is 5.26 Å². The van der Waals surface area contributed by atoms with Gasteiger partial charge in [-0.3, -0.25) is 9.59 Å². The fraction of sp³-hybridized carbons (Fsp3) is 0.214. The molecule has 8 heteroatoms. The minimum atomic E-state index is -0.675. The van der Waals surface area contributed by atoms with Crippen LogP contribution in [0.1, 0.15) is 6.42 Å². The number of hydrogen-bond donors (Lipinski definition) is 2. The maximum Gasteiger partial charge on any atom is 0.267 e. The van der Waals surface area contributed by atoms with Gasteiger partial charge in [-0.1, -0.05) is 23.2 Å². The van der Waals surface area contributed by atoms with E-state index in [0.29, 0.717) is 36.6 Å². The third-order valence-corrected chi connectivity index (χ3v) is 3.14. The fourth-order valence-corrected chi connectivity index (χ4v) is 1.96. The van der Waals surface area contributed by atoms with Gasteiger partial charge in [-0.05, 0) is 31.2 Å². The summed E-state index contributed by atoms with van der Waals surface area (Å²) < 4.78 is 0. The molecule has 0 fully saturated rings. The summed E-state index contributed by atoms with van der Waals surface area (Å²) in [5.41, 5.74) is 5.44. The molecule has 0 aromatic heterocycles. The van der Waals surface area contributed by atoms with Crippen molar-refractivity contribution >= 4 is 41.2 Å². The minimum absolute atomic E-state index is 0.227. The van der Waals surface area contributed by atoms with Gasteiger partial charge in [0.1, 0.15) is 11.6 Å². The van der Waals surface area contributed by atoms with Gasteiger partial charge in [-0.25, -0.2) is 0 Å². The molecule has 1 aromatic rings. The molecular weight excluding hydrogens is 327 g/mol. The van der Waals surface area contributed by atoms with Crippen molar-refractivity contribution in [1.82, 2.24) is 4.90 Å². The van der Waals surface area contributed by atoms with E-state index in [-0.39, 0.29) is 10.6 Å². The van der Waals surface area contributed by atoms with E-state index in [9.17, 15) is 9.59 Å². The van der Waals surface area contributed by atoms with Crippen molar-refractivity contribution in [2.75, 3.05) is 18.4 Å². The number of benzene rings is 1. The van der Waals surface area contributed by atoms with Gasteiger partial charge in [0.05, 0.1) is 10.7 Å². The number of carbonyl (C=O) groups excluding carboxylic acids is 2. The number of anilines is 1. The summed E-state index contributed by atoms with van der Waals surface area (Å²) >= 11 is 11.7. The lowest BCUT2D eigenvalue weighted by Crippen LogP contribution is -2.22. The number of nitriles is 1. The number of nitrogens with two attached hydrogens (primary N) is 1. The minimum Gasteiger partial charge on any atom is -0.330 e. The molecule has 0 atom stereocenters. The van der Waals surface area contributed by atoms with Gasteiger partial charge in [0.2, 0.25) is 6.41 Å². The molecular formula is C14H14Cl2N4O2. The molecule has 0 spiro atoms. The Morgan fingerprint density at radius 3 is 2.73 bits per heavy atom. The molecule has 0 aliphatic rings. The van der Waals surface area contributed by atoms with Crippen LogP contribution < -0.4 is 11.1 Å². The Balaban J connectivity index is 2.88. The number of nitrogens with one attached hydrogen (secondary N) is 1. The molecule has 6 nitrogen and oxygen atoms in total. The highest BCUT2D eigenvalue weighted by Gasteiger charge is 2.13. The molecule has 0 bridgehead atoms. The molecule has 0 radical (unpaired) electrons. The molecule has 0 saturated heterocycles. The first-order chi connectivity index (χ1) is 10.5. The quantitative estimate of drug-likeness (QED) is 0.451. The van der Waals surface area contributed by atoms with Gasteiger partial charge < -0.3 is 16.0 Å². The second kappa shape index (κ2) is 9.05. The van der Waals surface area contributed by atoms with E-state index < -0.39 is 5.91 Å². The van der Waals surface area contributed by atoms with E-state index in [1.807, 2.05) is 0 Å². The first-order valence-electron chi connectivity index (χ1n) is 6.31. The Labute approximate surface area is 138 Å². The number of carbonyl (C=O) groups is 2. The second-order valence-corrected chi connectivity index (χ2v) is 5.06. The lowest BCUT2D eigenvalue weighted by Gasteiger charge is -2.12. The van der Waals surface area contributed by atoms with Crippen molar-refractivity contribution in [2.45, 2.75) is 6.42 Å². The smallest absolute Gasteiger partial charge is 0.267 e. The molecule has 0 unspecified atom stereocenters. The Morgan fingerprint density at radius 2 is 2.18 bits per heavy atom. The molecule has 1 aromatic carbocycles. The van der Waals surface area contributed by atoms with Gasteiger partial charge in [0, 0.05) is 17.8 Å². The van der Waals surface area contributed by atoms with Crippen LogP contribution in [0.15, 0.2) is 30.0 Å². The lowest BCUT2D eigenvalue weighted by molar-refractivity contribution is -0.116. The maximum atomic E-state index is 12.0. The zero-order valence-corrected chi connectivity index (χ0v) is 13.1. The number of rotatable bonds is 7. The number of nitrogens with zero attached hydrogens (tertiary/aromatic N) is 2. The van der Waals surface area contributed by atoms with Crippen LogP contribution >= 0.6 is 23.2 Å². The zero-order valence-electron chi connectivity index (χ0n) is 11.6. The van der Waals surface area contributed by atoms with Crippen molar-refractivity contribution in [2.24, 2.45) is 5.73 Å². The van der Waals surface area contributed by atoms with Crippen molar-refractivity contribution < 1.29 is 9.59 Å². The summed E-state index contributed by atoms with van der Waals surface area (Å²) in [6, 6.07) is 6.28. The van der Waals surface area contributed by atoms with Gasteiger partial charge in [0.15, 0.2) is 0 Å². The highest BCUT2D eigenvalue weighted by molar-refractivity contribution is 6.36. The molecule has 0 aliphatic heterocycles. The maximum absolute atomic E-state index is 12.0. The standard InChI is InChI=1S/C14H14Cl2N4O2/c15-11-2-3-13(12(16)6-11)19-14(22)10(7-18)8-20(9-21)5-1-4-17/h2-3,6,8-9H,1,4-5,17H2,(H,19,22)/b10-8-. The monoisotopic (exact) mass is 340 g/mol. The first kappa shape index (κ1) is 18.0. The van der Waals surface area contributed by atoms with E-state index >= 15 is 0 Å². The van der Waals surface area contributed by atoms with Crippen molar-refractivity contribution in [1.29, 1.82) is 5.26 Å². The van der Waals surface area contributed by atoms with Crippen LogP contribution in [-0.2, 0) is 9.59 Å². The normalized spacial score (nSPS) is 10.7. The SMILES string of the molecule is N#C/C(=C/N(C=O)CCCN)C(=O)Nc1ccc(Cl)cc1Cl. The van der Waals surface area contributed by atoms with Crippen molar-refractivity contribution in [3.8, 4) is 6.07 Å². The van der Waals surface area contributed by atoms with E-state index in [0.717, 1.165) is 0 Å². The average molecular weight is 341 g/mol. The molecule has 1 rings (SSSR count). The highest BCUT2D eigenvalue weighted by atomic mass is 35.5. The second-order valence-electron chi connectivity index (χ2n) is 4.22. The van der Waals surface area contributed by atoms with E-state index in [4.69, 9.17) is 34.2 Å². The fourth-order valence-electron chi connectivity index (χ4n) is 1.51. The van der Waals surface area contributed by atoms with Crippen LogP contribution in [0, 0.1) is 11.3 Å². The third-order valence-electron chi connectivity index (χ3n) is 2.60. The first-order valence-corrected chi connectivity index (χ1v) is 7.06. The summed E-state index contributed by atoms with van der Waals surface area (Å²) in [5, 5.41) is 12.2. The van der Waals surface area contributed by atoms with Crippen molar-refractivity contribution in [3.63, 3.8) is 0 Å². The lowest BCUT2D eigenvalue weighted by atomic mass is 10.2. The number of hydrogen-bond acceptors (Lipinski definition) is 4. The topological polar surface area (TPSA) is 99.2 Å². The largest absolute Gasteiger partial charge is 0.330 e. The van der Waals surface area contributed by atoms with E-state index in [1.54, 1.807) is 12.1 Å². The summed E-state index contributed by atoms with van der Waals surface area (Å²) in [4.78, 5) is 24.1. The van der Waals surface area contributed by atoms with Crippen LogP contribution in [0.25, 0.3) is 0 Å². The predicted molar refractivity (Wildman–Crippen MR) is 85.2 cm³/mol. The Kier molecular flexibility index (Phi) is 7.40. The van der Waals surface area contributed by atoms with Gasteiger partial charge >= 0.3 is 0 Å². The summed E-state index contributed by atoms with van der Waals surface area (Å²) in [7, 11) is 0. The molecule has 0 saturated carbocycles. The molecule has 116 valence electrons. The van der Waals surface area contributed by atoms with Gasteiger partial charge in [0.25, 0.3) is 5.91 Å². The van der Waals surface area contributed by atoms with Crippen LogP contribution in [0.2, 0.25) is 10.0 Å². The summed E-state index contributed by atoms with van der Waals surface area (Å²) in [5.74, 6) is -0.675. The number of amides is 2. The molecule has 22 heavy (non-hydrogen) atoms. The van der Waals surface area contributed by atoms with E-state index in [2.05, 4.69) is 5.32 Å². The average Bonchev–Trinajstić information content (AvgIpc) is 2.50. The third kappa shape index (κ3) is 5.37. The zero-order chi connectivity index (χ0) is 16.5. The molecule has 0 heterocycles. The van der Waals surface area contributed by atoms with Crippen LogP contribution in [0.5, 0.6) is 0 Å². The Morgan fingerprint density at radius 1 is 1.45 bits per heavy atom. The van der Waals surface area contributed by atoms with Crippen LogP contribution in [0.4, 0.5) is 5.69 Å². The molecule has 2 amide bonds. The summed E-state index contributed by atoms with van der Waals surface area (Å²) in [6.45, 7) is 0.715. The predicted octanol–water partition coefficient (Wildman–Crippen LogP) is 2.15. The summed E-state index contributed by atoms with van der Waals surface area (Å²) in [6.07, 6.45) is 2.25. The Hall–Kier alpha value is -2.07. The molecule has 3 N–H and O–H groups in total. The van der Waals surface area contributed by atoms with E-state index in [1.165, 1.54) is 23.2 Å². The Bertz CT molecular complexity index is 626. The van der Waals surface area contributed by atoms with Crippen LogP contribution in [-0.4, -0.2) is 30.3 Å². The number of halogens is 2.